The van der Waals surface area contributed by atoms with Crippen molar-refractivity contribution in [3.8, 4) is 0 Å². The Balaban J connectivity index is 2.70. The summed E-state index contributed by atoms with van der Waals surface area (Å²) in [5.41, 5.74) is 1.30. The molecule has 0 saturated carbocycles. The van der Waals surface area contributed by atoms with E-state index in [1.807, 2.05) is 6.92 Å². The maximum atomic E-state index is 9.16. The molecule has 2 N–H and O–H groups in total. The average molecular weight is 332 g/mol. The van der Waals surface area contributed by atoms with E-state index in [1.54, 1.807) is 11.8 Å². The molecule has 1 aromatic rings. The molecule has 0 aliphatic rings. The zero-order valence-electron chi connectivity index (χ0n) is 11.2. The highest BCUT2D eigenvalue weighted by Crippen LogP contribution is 2.29. The number of rotatable bonds is 7. The van der Waals surface area contributed by atoms with Gasteiger partial charge in [0, 0.05) is 21.2 Å². The van der Waals surface area contributed by atoms with E-state index in [0.29, 0.717) is 5.92 Å². The lowest BCUT2D eigenvalue weighted by Gasteiger charge is -2.14. The van der Waals surface area contributed by atoms with Crippen molar-refractivity contribution in [2.75, 3.05) is 13.2 Å². The van der Waals surface area contributed by atoms with Crippen LogP contribution in [-0.2, 0) is 6.54 Å². The number of thioether (sulfide) groups is 1. The lowest BCUT2D eigenvalue weighted by atomic mass is 10.2. The minimum atomic E-state index is 0.204. The molecule has 18 heavy (non-hydrogen) atoms. The van der Waals surface area contributed by atoms with Crippen LogP contribution in [0.25, 0.3) is 0 Å². The predicted octanol–water partition coefficient (Wildman–Crippen LogP) is 3.67. The van der Waals surface area contributed by atoms with Gasteiger partial charge in [0.05, 0.1) is 6.61 Å². The van der Waals surface area contributed by atoms with Crippen LogP contribution in [-0.4, -0.2) is 23.5 Å². The molecule has 0 fully saturated rings. The van der Waals surface area contributed by atoms with Crippen LogP contribution in [0.5, 0.6) is 0 Å². The molecule has 0 aliphatic carbocycles. The third kappa shape index (κ3) is 5.74. The first-order valence-corrected chi connectivity index (χ1v) is 7.96. The number of halogens is 1. The van der Waals surface area contributed by atoms with Gasteiger partial charge in [0.2, 0.25) is 0 Å². The lowest BCUT2D eigenvalue weighted by molar-refractivity contribution is 0.300. The monoisotopic (exact) mass is 331 g/mol. The van der Waals surface area contributed by atoms with Crippen molar-refractivity contribution in [3.63, 3.8) is 0 Å². The van der Waals surface area contributed by atoms with Gasteiger partial charge in [-0.25, -0.2) is 0 Å². The van der Waals surface area contributed by atoms with Crippen LogP contribution < -0.4 is 5.32 Å². The van der Waals surface area contributed by atoms with Gasteiger partial charge in [0.15, 0.2) is 0 Å². The van der Waals surface area contributed by atoms with E-state index < -0.39 is 0 Å². The Hall–Kier alpha value is -0.0300. The van der Waals surface area contributed by atoms with Crippen LogP contribution >= 0.6 is 27.7 Å². The van der Waals surface area contributed by atoms with Crippen molar-refractivity contribution in [1.29, 1.82) is 0 Å². The Morgan fingerprint density at radius 3 is 2.67 bits per heavy atom. The summed E-state index contributed by atoms with van der Waals surface area (Å²) in [6.07, 6.45) is 0. The first kappa shape index (κ1) is 16.0. The van der Waals surface area contributed by atoms with E-state index in [9.17, 15) is 0 Å². The molecule has 1 atom stereocenters. The maximum absolute atomic E-state index is 9.16. The van der Waals surface area contributed by atoms with Crippen LogP contribution in [0.2, 0.25) is 0 Å². The van der Waals surface area contributed by atoms with E-state index in [-0.39, 0.29) is 11.9 Å². The van der Waals surface area contributed by atoms with Crippen LogP contribution in [0.15, 0.2) is 27.6 Å². The van der Waals surface area contributed by atoms with Crippen LogP contribution in [0.3, 0.4) is 0 Å². The third-order valence-electron chi connectivity index (χ3n) is 2.48. The Kier molecular flexibility index (Phi) is 7.30. The van der Waals surface area contributed by atoms with Crippen LogP contribution in [0.4, 0.5) is 0 Å². The quantitative estimate of drug-likeness (QED) is 0.748. The second-order valence-corrected chi connectivity index (χ2v) is 7.28. The lowest BCUT2D eigenvalue weighted by Crippen LogP contribution is -2.19. The third-order valence-corrected chi connectivity index (χ3v) is 4.16. The zero-order valence-corrected chi connectivity index (χ0v) is 13.6. The summed E-state index contributed by atoms with van der Waals surface area (Å²) in [4.78, 5) is 1.24. The Morgan fingerprint density at radius 1 is 1.33 bits per heavy atom. The molecule has 1 rings (SSSR count). The van der Waals surface area contributed by atoms with Crippen molar-refractivity contribution < 1.29 is 5.11 Å². The van der Waals surface area contributed by atoms with Crippen molar-refractivity contribution >= 4 is 27.7 Å². The highest BCUT2D eigenvalue weighted by molar-refractivity contribution is 9.10. The van der Waals surface area contributed by atoms with Crippen molar-refractivity contribution in [1.82, 2.24) is 5.32 Å². The number of hydrogen-bond acceptors (Lipinski definition) is 3. The van der Waals surface area contributed by atoms with E-state index in [4.69, 9.17) is 5.11 Å². The van der Waals surface area contributed by atoms with Gasteiger partial charge < -0.3 is 10.4 Å². The number of benzene rings is 1. The summed E-state index contributed by atoms with van der Waals surface area (Å²) < 4.78 is 1.09. The molecular formula is C14H22BrNOS. The number of aliphatic hydroxyl groups is 1. The first-order chi connectivity index (χ1) is 8.52. The summed E-state index contributed by atoms with van der Waals surface area (Å²) in [6.45, 7) is 8.56. The molecule has 0 saturated heterocycles. The minimum absolute atomic E-state index is 0.204. The van der Waals surface area contributed by atoms with E-state index >= 15 is 0 Å². The number of hydrogen-bond donors (Lipinski definition) is 2. The molecule has 102 valence electrons. The summed E-state index contributed by atoms with van der Waals surface area (Å²) in [7, 11) is 0. The highest BCUT2D eigenvalue weighted by atomic mass is 79.9. The molecular weight excluding hydrogens is 310 g/mol. The van der Waals surface area contributed by atoms with Gasteiger partial charge in [0.1, 0.15) is 0 Å². The standard InChI is InChI=1S/C14H22BrNOS/c1-10(2)7-16-8-12-4-5-13(15)6-14(12)18-11(3)9-17/h4-6,10-11,16-17H,7-9H2,1-3H3. The molecule has 2 nitrogen and oxygen atoms in total. The van der Waals surface area contributed by atoms with Gasteiger partial charge in [-0.3, -0.25) is 0 Å². The number of nitrogens with one attached hydrogen (secondary N) is 1. The topological polar surface area (TPSA) is 32.3 Å². The molecule has 0 aromatic heterocycles. The van der Waals surface area contributed by atoms with Gasteiger partial charge in [-0.1, -0.05) is 42.8 Å². The summed E-state index contributed by atoms with van der Waals surface area (Å²) in [6, 6.07) is 6.34. The molecule has 0 radical (unpaired) electrons. The molecule has 0 spiro atoms. The Morgan fingerprint density at radius 2 is 2.06 bits per heavy atom. The van der Waals surface area contributed by atoms with Crippen molar-refractivity contribution in [2.45, 2.75) is 37.5 Å². The first-order valence-electron chi connectivity index (χ1n) is 6.29. The predicted molar refractivity (Wildman–Crippen MR) is 83.1 cm³/mol. The fraction of sp³-hybridized carbons (Fsp3) is 0.571. The Bertz CT molecular complexity index is 371. The van der Waals surface area contributed by atoms with Crippen LogP contribution in [0.1, 0.15) is 26.3 Å². The number of aliphatic hydroxyl groups excluding tert-OH is 1. The summed E-state index contributed by atoms with van der Waals surface area (Å²) in [5, 5.41) is 12.8. The Labute approximate surface area is 123 Å². The van der Waals surface area contributed by atoms with Crippen molar-refractivity contribution in [2.24, 2.45) is 5.92 Å². The zero-order chi connectivity index (χ0) is 13.5. The van der Waals surface area contributed by atoms with E-state index in [2.05, 4.69) is 53.3 Å². The molecule has 4 heteroatoms. The maximum Gasteiger partial charge on any atom is 0.0550 e. The van der Waals surface area contributed by atoms with Gasteiger partial charge in [-0.2, -0.15) is 0 Å². The largest absolute Gasteiger partial charge is 0.395 e. The molecule has 0 amide bonds. The second-order valence-electron chi connectivity index (χ2n) is 4.89. The average Bonchev–Trinajstić information content (AvgIpc) is 2.31. The molecule has 0 heterocycles. The van der Waals surface area contributed by atoms with E-state index in [0.717, 1.165) is 17.6 Å². The summed E-state index contributed by atoms with van der Waals surface area (Å²) >= 11 is 5.23. The van der Waals surface area contributed by atoms with Crippen molar-refractivity contribution in [3.05, 3.63) is 28.2 Å². The normalized spacial score (nSPS) is 13.0. The van der Waals surface area contributed by atoms with Gasteiger partial charge in [0.25, 0.3) is 0 Å². The van der Waals surface area contributed by atoms with E-state index in [1.165, 1.54) is 10.5 Å². The van der Waals surface area contributed by atoms with Gasteiger partial charge in [-0.15, -0.1) is 11.8 Å². The van der Waals surface area contributed by atoms with Gasteiger partial charge in [-0.05, 0) is 30.2 Å². The SMILES string of the molecule is CC(C)CNCc1ccc(Br)cc1SC(C)CO. The summed E-state index contributed by atoms with van der Waals surface area (Å²) in [5.74, 6) is 0.660. The smallest absolute Gasteiger partial charge is 0.0550 e. The second kappa shape index (κ2) is 8.20. The minimum Gasteiger partial charge on any atom is -0.395 e. The molecule has 1 aromatic carbocycles. The van der Waals surface area contributed by atoms with Gasteiger partial charge >= 0.3 is 0 Å². The highest BCUT2D eigenvalue weighted by Gasteiger charge is 2.08. The molecule has 1 unspecified atom stereocenters. The fourth-order valence-corrected chi connectivity index (χ4v) is 3.04. The molecule has 0 aliphatic heterocycles. The van der Waals surface area contributed by atoms with Crippen LogP contribution in [0, 0.1) is 5.92 Å². The molecule has 0 bridgehead atoms. The fourth-order valence-electron chi connectivity index (χ4n) is 1.53.